The number of benzene rings is 2. The maximum absolute atomic E-state index is 13.0. The number of nitrogens with one attached hydrogen (secondary N) is 1. The highest BCUT2D eigenvalue weighted by molar-refractivity contribution is 7.89. The minimum Gasteiger partial charge on any atom is -0.494 e. The fourth-order valence-corrected chi connectivity index (χ4v) is 5.18. The summed E-state index contributed by atoms with van der Waals surface area (Å²) in [5.74, 6) is 0.496. The molecule has 0 unspecified atom stereocenters. The average molecular weight is 431 g/mol. The standard InChI is InChI=1S/C23H30N2O4S/c1-4-29-20-11-9-19(10-12-20)18(3)24-23(26)22-16-21(13-8-17(22)2)30(27,28)25-14-6-5-7-15-25/h8-13,16,18H,4-7,14-15H2,1-3H3,(H,24,26)/t18-/m1/s1. The Morgan fingerprint density at radius 3 is 2.40 bits per heavy atom. The number of hydrogen-bond donors (Lipinski definition) is 1. The van der Waals surface area contributed by atoms with E-state index in [0.717, 1.165) is 36.1 Å². The van der Waals surface area contributed by atoms with Crippen LogP contribution in [0.1, 0.15) is 60.6 Å². The topological polar surface area (TPSA) is 75.7 Å². The summed E-state index contributed by atoms with van der Waals surface area (Å²) in [5, 5.41) is 2.97. The monoisotopic (exact) mass is 430 g/mol. The molecule has 162 valence electrons. The summed E-state index contributed by atoms with van der Waals surface area (Å²) < 4.78 is 32.9. The van der Waals surface area contributed by atoms with Gasteiger partial charge in [0.2, 0.25) is 10.0 Å². The first-order valence-electron chi connectivity index (χ1n) is 10.5. The van der Waals surface area contributed by atoms with Gasteiger partial charge in [0.25, 0.3) is 5.91 Å². The second kappa shape index (κ2) is 9.62. The van der Waals surface area contributed by atoms with E-state index in [4.69, 9.17) is 4.74 Å². The van der Waals surface area contributed by atoms with Crippen LogP contribution >= 0.6 is 0 Å². The van der Waals surface area contributed by atoms with Gasteiger partial charge in [-0.15, -0.1) is 0 Å². The summed E-state index contributed by atoms with van der Waals surface area (Å²) in [6.07, 6.45) is 2.80. The van der Waals surface area contributed by atoms with Crippen molar-refractivity contribution in [2.45, 2.75) is 51.0 Å². The van der Waals surface area contributed by atoms with E-state index in [0.29, 0.717) is 25.3 Å². The van der Waals surface area contributed by atoms with Crippen molar-refractivity contribution in [3.8, 4) is 5.75 Å². The first-order chi connectivity index (χ1) is 14.3. The Morgan fingerprint density at radius 2 is 1.77 bits per heavy atom. The van der Waals surface area contributed by atoms with Gasteiger partial charge >= 0.3 is 0 Å². The molecule has 0 saturated carbocycles. The van der Waals surface area contributed by atoms with Crippen molar-refractivity contribution < 1.29 is 17.9 Å². The molecule has 0 aromatic heterocycles. The molecule has 0 radical (unpaired) electrons. The number of ether oxygens (including phenoxy) is 1. The van der Waals surface area contributed by atoms with Crippen LogP contribution in [0.3, 0.4) is 0 Å². The molecule has 1 fully saturated rings. The Kier molecular flexibility index (Phi) is 7.15. The lowest BCUT2D eigenvalue weighted by atomic mass is 10.1. The molecule has 0 spiro atoms. The van der Waals surface area contributed by atoms with Crippen LogP contribution in [0, 0.1) is 6.92 Å². The second-order valence-electron chi connectivity index (χ2n) is 7.64. The van der Waals surface area contributed by atoms with E-state index in [9.17, 15) is 13.2 Å². The molecule has 1 N–H and O–H groups in total. The van der Waals surface area contributed by atoms with Crippen molar-refractivity contribution in [3.05, 3.63) is 59.2 Å². The van der Waals surface area contributed by atoms with Gasteiger partial charge in [0.1, 0.15) is 5.75 Å². The van der Waals surface area contributed by atoms with Crippen LogP contribution < -0.4 is 10.1 Å². The zero-order valence-corrected chi connectivity index (χ0v) is 18.7. The van der Waals surface area contributed by atoms with Crippen LogP contribution in [0.15, 0.2) is 47.4 Å². The Morgan fingerprint density at radius 1 is 1.10 bits per heavy atom. The van der Waals surface area contributed by atoms with Crippen LogP contribution in [-0.4, -0.2) is 38.3 Å². The van der Waals surface area contributed by atoms with E-state index in [-0.39, 0.29) is 16.8 Å². The van der Waals surface area contributed by atoms with Crippen LogP contribution in [-0.2, 0) is 10.0 Å². The number of nitrogens with zero attached hydrogens (tertiary/aromatic N) is 1. The highest BCUT2D eigenvalue weighted by Crippen LogP contribution is 2.24. The second-order valence-corrected chi connectivity index (χ2v) is 9.58. The first-order valence-corrected chi connectivity index (χ1v) is 11.9. The lowest BCUT2D eigenvalue weighted by molar-refractivity contribution is 0.0939. The summed E-state index contributed by atoms with van der Waals surface area (Å²) in [4.78, 5) is 13.1. The maximum Gasteiger partial charge on any atom is 0.252 e. The van der Waals surface area contributed by atoms with Gasteiger partial charge in [-0.3, -0.25) is 4.79 Å². The normalized spacial score (nSPS) is 16.1. The molecule has 2 aromatic rings. The molecule has 3 rings (SSSR count). The zero-order valence-electron chi connectivity index (χ0n) is 17.8. The molecule has 0 aliphatic carbocycles. The predicted molar refractivity (Wildman–Crippen MR) is 117 cm³/mol. The van der Waals surface area contributed by atoms with E-state index in [2.05, 4.69) is 5.32 Å². The van der Waals surface area contributed by atoms with Crippen LogP contribution in [0.4, 0.5) is 0 Å². The summed E-state index contributed by atoms with van der Waals surface area (Å²) in [7, 11) is -3.59. The molecule has 2 aromatic carbocycles. The highest BCUT2D eigenvalue weighted by atomic mass is 32.2. The molecule has 1 aliphatic rings. The van der Waals surface area contributed by atoms with Crippen molar-refractivity contribution in [1.82, 2.24) is 9.62 Å². The van der Waals surface area contributed by atoms with E-state index >= 15 is 0 Å². The third-order valence-corrected chi connectivity index (χ3v) is 7.34. The minimum atomic E-state index is -3.59. The zero-order chi connectivity index (χ0) is 21.7. The summed E-state index contributed by atoms with van der Waals surface area (Å²) >= 11 is 0. The molecule has 1 aliphatic heterocycles. The number of rotatable bonds is 7. The molecular formula is C23H30N2O4S. The van der Waals surface area contributed by atoms with Gasteiger partial charge in [0, 0.05) is 18.7 Å². The first kappa shape index (κ1) is 22.3. The number of carbonyl (C=O) groups is 1. The summed E-state index contributed by atoms with van der Waals surface area (Å²) in [6, 6.07) is 12.1. The van der Waals surface area contributed by atoms with Crippen LogP contribution in [0.5, 0.6) is 5.75 Å². The quantitative estimate of drug-likeness (QED) is 0.719. The van der Waals surface area contributed by atoms with Crippen molar-refractivity contribution in [3.63, 3.8) is 0 Å². The molecular weight excluding hydrogens is 400 g/mol. The summed E-state index contributed by atoms with van der Waals surface area (Å²) in [6.45, 7) is 7.31. The van der Waals surface area contributed by atoms with Gasteiger partial charge in [0.05, 0.1) is 17.5 Å². The largest absolute Gasteiger partial charge is 0.494 e. The Bertz CT molecular complexity index is 981. The van der Waals surface area contributed by atoms with Gasteiger partial charge in [-0.25, -0.2) is 8.42 Å². The van der Waals surface area contributed by atoms with Crippen molar-refractivity contribution in [2.24, 2.45) is 0 Å². The van der Waals surface area contributed by atoms with Crippen LogP contribution in [0.25, 0.3) is 0 Å². The average Bonchev–Trinajstić information content (AvgIpc) is 2.75. The van der Waals surface area contributed by atoms with E-state index in [1.165, 1.54) is 10.4 Å². The molecule has 30 heavy (non-hydrogen) atoms. The molecule has 1 amide bonds. The van der Waals surface area contributed by atoms with Gasteiger partial charge in [-0.1, -0.05) is 24.6 Å². The Labute approximate surface area is 179 Å². The predicted octanol–water partition coefficient (Wildman–Crippen LogP) is 4.06. The number of sulfonamides is 1. The minimum absolute atomic E-state index is 0.175. The van der Waals surface area contributed by atoms with E-state index < -0.39 is 10.0 Å². The van der Waals surface area contributed by atoms with Gasteiger partial charge in [-0.2, -0.15) is 4.31 Å². The maximum atomic E-state index is 13.0. The number of amides is 1. The summed E-state index contributed by atoms with van der Waals surface area (Å²) in [5.41, 5.74) is 2.07. The fraction of sp³-hybridized carbons (Fsp3) is 0.435. The molecule has 1 heterocycles. The Hall–Kier alpha value is -2.38. The van der Waals surface area contributed by atoms with Gasteiger partial charge in [-0.05, 0) is 69.0 Å². The highest BCUT2D eigenvalue weighted by Gasteiger charge is 2.27. The van der Waals surface area contributed by atoms with Crippen molar-refractivity contribution in [1.29, 1.82) is 0 Å². The fourth-order valence-electron chi connectivity index (χ4n) is 3.64. The third-order valence-electron chi connectivity index (χ3n) is 5.45. The molecule has 1 atom stereocenters. The molecule has 1 saturated heterocycles. The number of piperidine rings is 1. The SMILES string of the molecule is CCOc1ccc([C@@H](C)NC(=O)c2cc(S(=O)(=O)N3CCCCC3)ccc2C)cc1. The van der Waals surface area contributed by atoms with Gasteiger partial charge < -0.3 is 10.1 Å². The Balaban J connectivity index is 1.77. The smallest absolute Gasteiger partial charge is 0.252 e. The lowest BCUT2D eigenvalue weighted by Gasteiger charge is -2.26. The molecule has 0 bridgehead atoms. The van der Waals surface area contributed by atoms with E-state index in [1.807, 2.05) is 45.0 Å². The number of carbonyl (C=O) groups excluding carboxylic acids is 1. The van der Waals surface area contributed by atoms with Crippen LogP contribution in [0.2, 0.25) is 0 Å². The number of aryl methyl sites for hydroxylation is 1. The van der Waals surface area contributed by atoms with Crippen molar-refractivity contribution in [2.75, 3.05) is 19.7 Å². The number of hydrogen-bond acceptors (Lipinski definition) is 4. The lowest BCUT2D eigenvalue weighted by Crippen LogP contribution is -2.35. The third kappa shape index (κ3) is 5.02. The molecule has 7 heteroatoms. The van der Waals surface area contributed by atoms with Crippen molar-refractivity contribution >= 4 is 15.9 Å². The van der Waals surface area contributed by atoms with Gasteiger partial charge in [0.15, 0.2) is 0 Å². The molecule has 6 nitrogen and oxygen atoms in total. The van der Waals surface area contributed by atoms with E-state index in [1.54, 1.807) is 12.1 Å².